The molecule has 0 spiro atoms. The average Bonchev–Trinajstić information content (AvgIpc) is 2.24. The van der Waals surface area contributed by atoms with E-state index >= 15 is 0 Å². The molecule has 4 heteroatoms. The topological polar surface area (TPSA) is 63.8 Å². The highest BCUT2D eigenvalue weighted by molar-refractivity contribution is 5.35. The van der Waals surface area contributed by atoms with E-state index in [9.17, 15) is 0 Å². The molecule has 1 saturated carbocycles. The quantitative estimate of drug-likeness (QED) is 0.780. The van der Waals surface area contributed by atoms with Crippen molar-refractivity contribution in [3.8, 4) is 0 Å². The zero-order valence-electron chi connectivity index (χ0n) is 9.16. The van der Waals surface area contributed by atoms with Crippen molar-refractivity contribution in [1.29, 1.82) is 0 Å². The highest BCUT2D eigenvalue weighted by Crippen LogP contribution is 2.28. The molecule has 1 aromatic heterocycles. The zero-order valence-corrected chi connectivity index (χ0v) is 9.16. The van der Waals surface area contributed by atoms with Crippen molar-refractivity contribution in [3.05, 3.63) is 18.1 Å². The van der Waals surface area contributed by atoms with E-state index in [0.29, 0.717) is 0 Å². The van der Waals surface area contributed by atoms with Gasteiger partial charge in [0.05, 0.1) is 0 Å². The maximum absolute atomic E-state index is 6.12. The molecular weight excluding hydrogens is 188 g/mol. The first kappa shape index (κ1) is 10.4. The predicted octanol–water partition coefficient (Wildman–Crippen LogP) is 1.33. The van der Waals surface area contributed by atoms with Gasteiger partial charge in [0, 0.05) is 23.8 Å². The van der Waals surface area contributed by atoms with Crippen molar-refractivity contribution in [2.45, 2.75) is 38.1 Å². The number of aryl methyl sites for hydroxylation is 1. The van der Waals surface area contributed by atoms with Crippen LogP contribution in [0.15, 0.2) is 12.4 Å². The molecule has 1 aliphatic carbocycles. The molecule has 3 N–H and O–H groups in total. The second kappa shape index (κ2) is 4.14. The second-order valence-electron chi connectivity index (χ2n) is 4.32. The Morgan fingerprint density at radius 3 is 2.87 bits per heavy atom. The van der Waals surface area contributed by atoms with Crippen LogP contribution in [0.1, 0.15) is 31.9 Å². The van der Waals surface area contributed by atoms with Crippen molar-refractivity contribution >= 4 is 5.82 Å². The van der Waals surface area contributed by atoms with Gasteiger partial charge in [-0.05, 0) is 25.7 Å². The Kier molecular flexibility index (Phi) is 2.86. The third kappa shape index (κ3) is 2.45. The molecule has 0 atom stereocenters. The lowest BCUT2D eigenvalue weighted by Gasteiger charge is -2.38. The van der Waals surface area contributed by atoms with Gasteiger partial charge in [-0.25, -0.2) is 9.97 Å². The van der Waals surface area contributed by atoms with E-state index in [1.54, 1.807) is 6.33 Å². The van der Waals surface area contributed by atoms with Gasteiger partial charge in [0.25, 0.3) is 0 Å². The van der Waals surface area contributed by atoms with Crippen LogP contribution >= 0.6 is 0 Å². The van der Waals surface area contributed by atoms with E-state index in [1.165, 1.54) is 6.42 Å². The molecule has 0 aromatic carbocycles. The second-order valence-corrected chi connectivity index (χ2v) is 4.32. The molecule has 0 aliphatic heterocycles. The van der Waals surface area contributed by atoms with E-state index in [1.807, 2.05) is 6.07 Å². The Morgan fingerprint density at radius 2 is 2.27 bits per heavy atom. The van der Waals surface area contributed by atoms with E-state index < -0.39 is 0 Å². The molecule has 2 rings (SSSR count). The van der Waals surface area contributed by atoms with Crippen LogP contribution in [0.3, 0.4) is 0 Å². The monoisotopic (exact) mass is 206 g/mol. The standard InChI is InChI=1S/C11H18N4/c1-2-9-6-10(15-8-14-9)13-7-11(12)4-3-5-11/h6,8H,2-5,7,12H2,1H3,(H,13,14,15). The Bertz CT molecular complexity index is 333. The molecule has 0 bridgehead atoms. The predicted molar refractivity (Wildman–Crippen MR) is 60.7 cm³/mol. The zero-order chi connectivity index (χ0) is 10.7. The highest BCUT2D eigenvalue weighted by Gasteiger charge is 2.32. The van der Waals surface area contributed by atoms with Crippen molar-refractivity contribution < 1.29 is 0 Å². The third-order valence-electron chi connectivity index (χ3n) is 3.06. The van der Waals surface area contributed by atoms with Crippen molar-refractivity contribution in [2.75, 3.05) is 11.9 Å². The van der Waals surface area contributed by atoms with Gasteiger partial charge in [-0.3, -0.25) is 0 Å². The minimum absolute atomic E-state index is 0.00265. The molecule has 15 heavy (non-hydrogen) atoms. The van der Waals surface area contributed by atoms with Crippen LogP contribution in [-0.4, -0.2) is 22.1 Å². The Hall–Kier alpha value is -1.16. The van der Waals surface area contributed by atoms with Gasteiger partial charge in [0.1, 0.15) is 12.1 Å². The average molecular weight is 206 g/mol. The van der Waals surface area contributed by atoms with Crippen LogP contribution < -0.4 is 11.1 Å². The summed E-state index contributed by atoms with van der Waals surface area (Å²) in [5.41, 5.74) is 7.17. The first-order valence-electron chi connectivity index (χ1n) is 5.55. The largest absolute Gasteiger partial charge is 0.368 e. The fourth-order valence-corrected chi connectivity index (χ4v) is 1.76. The van der Waals surface area contributed by atoms with Gasteiger partial charge in [0.15, 0.2) is 0 Å². The lowest BCUT2D eigenvalue weighted by atomic mass is 9.78. The van der Waals surface area contributed by atoms with Crippen LogP contribution in [0.25, 0.3) is 0 Å². The van der Waals surface area contributed by atoms with Gasteiger partial charge < -0.3 is 11.1 Å². The summed E-state index contributed by atoms with van der Waals surface area (Å²) in [6.45, 7) is 2.90. The normalized spacial score (nSPS) is 18.3. The molecular formula is C11H18N4. The molecule has 1 fully saturated rings. The number of nitrogens with zero attached hydrogens (tertiary/aromatic N) is 2. The van der Waals surface area contributed by atoms with Crippen LogP contribution in [0.2, 0.25) is 0 Å². The Morgan fingerprint density at radius 1 is 1.47 bits per heavy atom. The number of rotatable bonds is 4. The summed E-state index contributed by atoms with van der Waals surface area (Å²) in [6.07, 6.45) is 6.02. The minimum atomic E-state index is -0.00265. The summed E-state index contributed by atoms with van der Waals surface area (Å²) in [7, 11) is 0. The third-order valence-corrected chi connectivity index (χ3v) is 3.06. The van der Waals surface area contributed by atoms with E-state index in [-0.39, 0.29) is 5.54 Å². The van der Waals surface area contributed by atoms with Gasteiger partial charge >= 0.3 is 0 Å². The minimum Gasteiger partial charge on any atom is -0.368 e. The number of nitrogens with two attached hydrogens (primary N) is 1. The van der Waals surface area contributed by atoms with Gasteiger partial charge in [-0.2, -0.15) is 0 Å². The summed E-state index contributed by atoms with van der Waals surface area (Å²) < 4.78 is 0. The van der Waals surface area contributed by atoms with Crippen molar-refractivity contribution in [1.82, 2.24) is 9.97 Å². The molecule has 0 radical (unpaired) electrons. The molecule has 4 nitrogen and oxygen atoms in total. The van der Waals surface area contributed by atoms with Crippen LogP contribution in [0.5, 0.6) is 0 Å². The molecule has 1 heterocycles. The summed E-state index contributed by atoms with van der Waals surface area (Å²) >= 11 is 0. The van der Waals surface area contributed by atoms with E-state index in [2.05, 4.69) is 22.2 Å². The maximum atomic E-state index is 6.12. The number of hydrogen-bond acceptors (Lipinski definition) is 4. The fourth-order valence-electron chi connectivity index (χ4n) is 1.76. The maximum Gasteiger partial charge on any atom is 0.129 e. The first-order valence-corrected chi connectivity index (χ1v) is 5.55. The molecule has 1 aliphatic rings. The van der Waals surface area contributed by atoms with Crippen LogP contribution in [-0.2, 0) is 6.42 Å². The van der Waals surface area contributed by atoms with Crippen LogP contribution in [0.4, 0.5) is 5.82 Å². The molecule has 0 unspecified atom stereocenters. The summed E-state index contributed by atoms with van der Waals surface area (Å²) in [5.74, 6) is 0.888. The van der Waals surface area contributed by atoms with Crippen molar-refractivity contribution in [2.24, 2.45) is 5.73 Å². The molecule has 0 amide bonds. The molecule has 1 aromatic rings. The number of hydrogen-bond donors (Lipinski definition) is 2. The summed E-state index contributed by atoms with van der Waals surface area (Å²) in [5, 5.41) is 3.29. The lowest BCUT2D eigenvalue weighted by Crippen LogP contribution is -2.52. The summed E-state index contributed by atoms with van der Waals surface area (Å²) in [4.78, 5) is 8.33. The number of aromatic nitrogens is 2. The Labute approximate surface area is 90.3 Å². The van der Waals surface area contributed by atoms with Gasteiger partial charge in [0.2, 0.25) is 0 Å². The van der Waals surface area contributed by atoms with Gasteiger partial charge in [-0.1, -0.05) is 6.92 Å². The lowest BCUT2D eigenvalue weighted by molar-refractivity contribution is 0.265. The number of anilines is 1. The van der Waals surface area contributed by atoms with E-state index in [4.69, 9.17) is 5.73 Å². The fraction of sp³-hybridized carbons (Fsp3) is 0.636. The smallest absolute Gasteiger partial charge is 0.129 e. The molecule has 0 saturated heterocycles. The van der Waals surface area contributed by atoms with Crippen LogP contribution in [0, 0.1) is 0 Å². The van der Waals surface area contributed by atoms with Crippen molar-refractivity contribution in [3.63, 3.8) is 0 Å². The number of nitrogens with one attached hydrogen (secondary N) is 1. The Balaban J connectivity index is 1.92. The van der Waals surface area contributed by atoms with Gasteiger partial charge in [-0.15, -0.1) is 0 Å². The summed E-state index contributed by atoms with van der Waals surface area (Å²) in [6, 6.07) is 1.99. The molecule has 82 valence electrons. The highest BCUT2D eigenvalue weighted by atomic mass is 15.0. The SMILES string of the molecule is CCc1cc(NCC2(N)CCC2)ncn1. The first-order chi connectivity index (χ1) is 7.22. The van der Waals surface area contributed by atoms with E-state index in [0.717, 1.165) is 37.3 Å².